The minimum absolute atomic E-state index is 0.0984. The number of para-hydroxylation sites is 1. The molecule has 1 unspecified atom stereocenters. The highest BCUT2D eigenvalue weighted by molar-refractivity contribution is 7.89. The number of hydrogen-bond donors (Lipinski definition) is 2. The summed E-state index contributed by atoms with van der Waals surface area (Å²) in [5, 5.41) is 12.9. The second-order valence-electron chi connectivity index (χ2n) is 8.31. The largest absolute Gasteiger partial charge is 0.507 e. The Morgan fingerprint density at radius 3 is 2.83 bits per heavy atom. The number of phenolic OH excluding ortho intramolecular Hbond substituents is 1. The van der Waals surface area contributed by atoms with Gasteiger partial charge in [0.2, 0.25) is 11.0 Å². The maximum absolute atomic E-state index is 13.5. The molecule has 1 amide bonds. The number of amides is 1. The van der Waals surface area contributed by atoms with Crippen LogP contribution < -0.4 is 5.32 Å². The monoisotopic (exact) mass is 495 g/mol. The van der Waals surface area contributed by atoms with Crippen LogP contribution in [0.2, 0.25) is 0 Å². The smallest absolute Gasteiger partial charge is 0.277 e. The average molecular weight is 496 g/mol. The summed E-state index contributed by atoms with van der Waals surface area (Å²) in [5.74, 6) is -0.821. The number of nitrogens with zero attached hydrogens (tertiary/aromatic N) is 2. The van der Waals surface area contributed by atoms with Gasteiger partial charge in [-0.1, -0.05) is 12.1 Å². The summed E-state index contributed by atoms with van der Waals surface area (Å²) in [6, 6.07) is 14.5. The fraction of sp³-hybridized carbons (Fsp3) is 0.200. The van der Waals surface area contributed by atoms with Gasteiger partial charge in [0.1, 0.15) is 23.2 Å². The molecule has 1 aliphatic heterocycles. The van der Waals surface area contributed by atoms with Gasteiger partial charge in [0.15, 0.2) is 0 Å². The first kappa shape index (κ1) is 23.0. The number of benzene rings is 2. The molecule has 1 atom stereocenters. The normalized spacial score (nSPS) is 16.5. The number of rotatable bonds is 6. The summed E-state index contributed by atoms with van der Waals surface area (Å²) in [7, 11) is -4.09. The number of sulfonamides is 1. The molecule has 2 N–H and O–H groups in total. The minimum atomic E-state index is -4.09. The molecule has 0 spiro atoms. The lowest BCUT2D eigenvalue weighted by Gasteiger charge is -2.22. The third-order valence-electron chi connectivity index (χ3n) is 6.00. The van der Waals surface area contributed by atoms with Crippen molar-refractivity contribution in [3.05, 3.63) is 78.2 Å². The van der Waals surface area contributed by atoms with Crippen molar-refractivity contribution in [3.63, 3.8) is 0 Å². The van der Waals surface area contributed by atoms with E-state index in [4.69, 9.17) is 4.42 Å². The van der Waals surface area contributed by atoms with Gasteiger partial charge in [0.05, 0.1) is 5.69 Å². The SMILES string of the molecule is O=C(NCc1ccnc(-c2ccccc2O)c1)C1CCCN1S(=O)(=O)c1cc2cc(F)ccc2o1. The van der Waals surface area contributed by atoms with Crippen LogP contribution in [0.3, 0.4) is 0 Å². The Labute approximate surface area is 201 Å². The van der Waals surface area contributed by atoms with Crippen LogP contribution in [0.25, 0.3) is 22.2 Å². The highest BCUT2D eigenvalue weighted by Gasteiger charge is 2.41. The molecule has 1 fully saturated rings. The van der Waals surface area contributed by atoms with Crippen LogP contribution in [-0.2, 0) is 21.4 Å². The van der Waals surface area contributed by atoms with E-state index in [1.165, 1.54) is 24.3 Å². The molecule has 4 aromatic rings. The first-order valence-electron chi connectivity index (χ1n) is 11.0. The van der Waals surface area contributed by atoms with Crippen LogP contribution in [0, 0.1) is 5.82 Å². The Balaban J connectivity index is 1.31. The van der Waals surface area contributed by atoms with E-state index in [0.717, 1.165) is 9.87 Å². The summed E-state index contributed by atoms with van der Waals surface area (Å²) < 4.78 is 46.6. The average Bonchev–Trinajstić information content (AvgIpc) is 3.51. The summed E-state index contributed by atoms with van der Waals surface area (Å²) in [4.78, 5) is 17.3. The Hall–Kier alpha value is -3.76. The molecule has 0 radical (unpaired) electrons. The molecule has 8 nitrogen and oxygen atoms in total. The predicted octanol–water partition coefficient (Wildman–Crippen LogP) is 3.81. The molecular weight excluding hydrogens is 473 g/mol. The van der Waals surface area contributed by atoms with Crippen LogP contribution in [0.5, 0.6) is 5.75 Å². The maximum atomic E-state index is 13.5. The van der Waals surface area contributed by atoms with E-state index in [1.54, 1.807) is 42.6 Å². The number of carbonyl (C=O) groups is 1. The van der Waals surface area contributed by atoms with Gasteiger partial charge in [-0.2, -0.15) is 4.31 Å². The number of aromatic nitrogens is 1. The molecule has 2 aromatic heterocycles. The molecule has 0 saturated carbocycles. The first-order valence-corrected chi connectivity index (χ1v) is 12.5. The van der Waals surface area contributed by atoms with E-state index in [9.17, 15) is 22.7 Å². The Bertz CT molecular complexity index is 1520. The van der Waals surface area contributed by atoms with Gasteiger partial charge in [-0.3, -0.25) is 9.78 Å². The predicted molar refractivity (Wildman–Crippen MR) is 126 cm³/mol. The third-order valence-corrected chi connectivity index (χ3v) is 7.76. The number of halogens is 1. The molecule has 1 aliphatic rings. The van der Waals surface area contributed by atoms with Crippen molar-refractivity contribution >= 4 is 26.9 Å². The van der Waals surface area contributed by atoms with Gasteiger partial charge in [-0.25, -0.2) is 12.8 Å². The van der Waals surface area contributed by atoms with Gasteiger partial charge in [-0.15, -0.1) is 0 Å². The molecule has 0 bridgehead atoms. The number of phenols is 1. The van der Waals surface area contributed by atoms with Crippen molar-refractivity contribution < 1.29 is 27.1 Å². The maximum Gasteiger partial charge on any atom is 0.277 e. The fourth-order valence-electron chi connectivity index (χ4n) is 4.25. The van der Waals surface area contributed by atoms with E-state index in [2.05, 4.69) is 10.3 Å². The van der Waals surface area contributed by atoms with Crippen LogP contribution in [-0.4, -0.2) is 41.3 Å². The fourth-order valence-corrected chi connectivity index (χ4v) is 5.86. The molecule has 180 valence electrons. The molecule has 0 aliphatic carbocycles. The number of nitrogens with one attached hydrogen (secondary N) is 1. The van der Waals surface area contributed by atoms with Gasteiger partial charge in [0, 0.05) is 36.3 Å². The van der Waals surface area contributed by atoms with Gasteiger partial charge in [-0.05, 0) is 60.9 Å². The molecule has 3 heterocycles. The van der Waals surface area contributed by atoms with Crippen molar-refractivity contribution in [2.24, 2.45) is 0 Å². The second kappa shape index (κ2) is 9.12. The van der Waals surface area contributed by atoms with Gasteiger partial charge in [0.25, 0.3) is 10.0 Å². The van der Waals surface area contributed by atoms with E-state index in [0.29, 0.717) is 29.5 Å². The van der Waals surface area contributed by atoms with E-state index >= 15 is 0 Å². The topological polar surface area (TPSA) is 113 Å². The molecule has 35 heavy (non-hydrogen) atoms. The van der Waals surface area contributed by atoms with Crippen molar-refractivity contribution in [3.8, 4) is 17.0 Å². The minimum Gasteiger partial charge on any atom is -0.507 e. The zero-order chi connectivity index (χ0) is 24.6. The third kappa shape index (κ3) is 4.50. The number of furan rings is 1. The lowest BCUT2D eigenvalue weighted by molar-refractivity contribution is -0.124. The van der Waals surface area contributed by atoms with Crippen molar-refractivity contribution in [2.75, 3.05) is 6.54 Å². The molecule has 1 saturated heterocycles. The summed E-state index contributed by atoms with van der Waals surface area (Å²) in [5.41, 5.74) is 2.13. The number of hydrogen-bond acceptors (Lipinski definition) is 6. The number of pyridine rings is 1. The van der Waals surface area contributed by atoms with Gasteiger partial charge >= 0.3 is 0 Å². The molecule has 2 aromatic carbocycles. The summed E-state index contributed by atoms with van der Waals surface area (Å²) >= 11 is 0. The highest BCUT2D eigenvalue weighted by Crippen LogP contribution is 2.31. The molecule has 10 heteroatoms. The second-order valence-corrected chi connectivity index (χ2v) is 10.1. The number of fused-ring (bicyclic) bond motifs is 1. The molecule has 5 rings (SSSR count). The van der Waals surface area contributed by atoms with Crippen molar-refractivity contribution in [1.82, 2.24) is 14.6 Å². The summed E-state index contributed by atoms with van der Waals surface area (Å²) in [6.07, 6.45) is 2.48. The summed E-state index contributed by atoms with van der Waals surface area (Å²) in [6.45, 7) is 0.342. The number of aromatic hydroxyl groups is 1. The highest BCUT2D eigenvalue weighted by atomic mass is 32.2. The standard InChI is InChI=1S/C25H22FN3O5S/c26-18-7-8-23-17(13-18)14-24(34-23)35(32,33)29-11-3-5-21(29)25(31)28-15-16-9-10-27-20(12-16)19-4-1-2-6-22(19)30/h1-2,4,6-10,12-14,21,30H,3,5,11,15H2,(H,28,31). The van der Waals surface area contributed by atoms with E-state index in [-0.39, 0.29) is 29.5 Å². The molecular formula is C25H22FN3O5S. The lowest BCUT2D eigenvalue weighted by atomic mass is 10.1. The Morgan fingerprint density at radius 2 is 2.00 bits per heavy atom. The van der Waals surface area contributed by atoms with Crippen LogP contribution in [0.1, 0.15) is 18.4 Å². The van der Waals surface area contributed by atoms with E-state index in [1.807, 2.05) is 0 Å². The van der Waals surface area contributed by atoms with Crippen LogP contribution in [0.15, 0.2) is 76.4 Å². The van der Waals surface area contributed by atoms with Crippen molar-refractivity contribution in [1.29, 1.82) is 0 Å². The Kier molecular flexibility index (Phi) is 6.00. The van der Waals surface area contributed by atoms with Crippen LogP contribution in [0.4, 0.5) is 4.39 Å². The van der Waals surface area contributed by atoms with E-state index < -0.39 is 27.8 Å². The Morgan fingerprint density at radius 1 is 1.17 bits per heavy atom. The lowest BCUT2D eigenvalue weighted by Crippen LogP contribution is -2.45. The van der Waals surface area contributed by atoms with Gasteiger partial charge < -0.3 is 14.8 Å². The first-order chi connectivity index (χ1) is 16.8. The number of carbonyl (C=O) groups excluding carboxylic acids is 1. The van der Waals surface area contributed by atoms with Crippen LogP contribution >= 0.6 is 0 Å². The van der Waals surface area contributed by atoms with Crippen molar-refractivity contribution in [2.45, 2.75) is 30.5 Å². The zero-order valence-corrected chi connectivity index (χ0v) is 19.3. The zero-order valence-electron chi connectivity index (χ0n) is 18.5. The quantitative estimate of drug-likeness (QED) is 0.421.